The summed E-state index contributed by atoms with van der Waals surface area (Å²) < 4.78 is 10.3. The van der Waals surface area contributed by atoms with Gasteiger partial charge in [-0.2, -0.15) is 5.10 Å². The smallest absolute Gasteiger partial charge is 0.275 e. The molecule has 8 heteroatoms. The standard InChI is InChI=1S/C20H22ClN3O4/c1-12-5-6-14(10-17(12)21)22-19(25)9-13(2)23-24-20(26)16-8-7-15(27-3)11-18(16)28-4/h5-8,10-11H,9H2,1-4H3,(H,22,25)(H,24,26)/b23-13+. The van der Waals surface area contributed by atoms with E-state index in [9.17, 15) is 9.59 Å². The summed E-state index contributed by atoms with van der Waals surface area (Å²) in [5, 5.41) is 7.29. The monoisotopic (exact) mass is 403 g/mol. The maximum absolute atomic E-state index is 12.3. The summed E-state index contributed by atoms with van der Waals surface area (Å²) in [5.41, 5.74) is 4.69. The molecular weight excluding hydrogens is 382 g/mol. The van der Waals surface area contributed by atoms with E-state index in [2.05, 4.69) is 15.8 Å². The third kappa shape index (κ3) is 5.72. The highest BCUT2D eigenvalue weighted by Crippen LogP contribution is 2.24. The number of carbonyl (C=O) groups excluding carboxylic acids is 2. The number of ether oxygens (including phenoxy) is 2. The van der Waals surface area contributed by atoms with Crippen molar-refractivity contribution in [3.63, 3.8) is 0 Å². The van der Waals surface area contributed by atoms with Crippen molar-refractivity contribution in [2.45, 2.75) is 20.3 Å². The third-order valence-electron chi connectivity index (χ3n) is 3.87. The number of nitrogens with zero attached hydrogens (tertiary/aromatic N) is 1. The van der Waals surface area contributed by atoms with Gasteiger partial charge in [0.05, 0.1) is 26.2 Å². The fourth-order valence-electron chi connectivity index (χ4n) is 2.34. The molecule has 0 saturated carbocycles. The van der Waals surface area contributed by atoms with Crippen molar-refractivity contribution >= 4 is 34.8 Å². The van der Waals surface area contributed by atoms with Gasteiger partial charge in [-0.15, -0.1) is 0 Å². The first-order valence-corrected chi connectivity index (χ1v) is 8.83. The topological polar surface area (TPSA) is 89.0 Å². The first-order valence-electron chi connectivity index (χ1n) is 8.45. The van der Waals surface area contributed by atoms with Crippen molar-refractivity contribution < 1.29 is 19.1 Å². The minimum absolute atomic E-state index is 0.0194. The van der Waals surface area contributed by atoms with E-state index in [0.29, 0.717) is 33.5 Å². The van der Waals surface area contributed by atoms with Gasteiger partial charge in [0.25, 0.3) is 5.91 Å². The summed E-state index contributed by atoms with van der Waals surface area (Å²) >= 11 is 6.05. The maximum atomic E-state index is 12.3. The largest absolute Gasteiger partial charge is 0.497 e. The number of amides is 2. The lowest BCUT2D eigenvalue weighted by atomic mass is 10.2. The van der Waals surface area contributed by atoms with Gasteiger partial charge in [0.2, 0.25) is 5.91 Å². The van der Waals surface area contributed by atoms with E-state index >= 15 is 0 Å². The fraction of sp³-hybridized carbons (Fsp3) is 0.250. The van der Waals surface area contributed by atoms with Gasteiger partial charge >= 0.3 is 0 Å². The van der Waals surface area contributed by atoms with E-state index in [4.69, 9.17) is 21.1 Å². The Morgan fingerprint density at radius 2 is 1.86 bits per heavy atom. The molecule has 2 aromatic rings. The Hall–Kier alpha value is -3.06. The highest BCUT2D eigenvalue weighted by Gasteiger charge is 2.13. The van der Waals surface area contributed by atoms with Crippen LogP contribution >= 0.6 is 11.6 Å². The van der Waals surface area contributed by atoms with E-state index in [1.165, 1.54) is 14.2 Å². The summed E-state index contributed by atoms with van der Waals surface area (Å²) in [6.45, 7) is 3.53. The van der Waals surface area contributed by atoms with Crippen molar-refractivity contribution in [1.82, 2.24) is 5.43 Å². The Labute approximate surface area is 168 Å². The van der Waals surface area contributed by atoms with E-state index in [-0.39, 0.29) is 12.3 Å². The molecule has 28 heavy (non-hydrogen) atoms. The number of hydrogen-bond donors (Lipinski definition) is 2. The van der Waals surface area contributed by atoms with Crippen LogP contribution < -0.4 is 20.2 Å². The van der Waals surface area contributed by atoms with Gasteiger partial charge in [0, 0.05) is 22.5 Å². The molecule has 0 unspecified atom stereocenters. The van der Waals surface area contributed by atoms with Crippen LogP contribution in [0.5, 0.6) is 11.5 Å². The Balaban J connectivity index is 1.97. The molecule has 148 valence electrons. The number of hydrogen-bond acceptors (Lipinski definition) is 5. The molecule has 0 aliphatic heterocycles. The average molecular weight is 404 g/mol. The number of halogens is 1. The van der Waals surface area contributed by atoms with Crippen LogP contribution in [0, 0.1) is 6.92 Å². The van der Waals surface area contributed by atoms with Crippen LogP contribution in [0.3, 0.4) is 0 Å². The average Bonchev–Trinajstić information content (AvgIpc) is 2.68. The molecule has 0 bridgehead atoms. The third-order valence-corrected chi connectivity index (χ3v) is 4.28. The lowest BCUT2D eigenvalue weighted by molar-refractivity contribution is -0.115. The van der Waals surface area contributed by atoms with E-state index in [0.717, 1.165) is 5.56 Å². The van der Waals surface area contributed by atoms with E-state index in [1.54, 1.807) is 37.3 Å². The van der Waals surface area contributed by atoms with Crippen LogP contribution in [-0.2, 0) is 4.79 Å². The molecule has 0 atom stereocenters. The second-order valence-corrected chi connectivity index (χ2v) is 6.45. The highest BCUT2D eigenvalue weighted by molar-refractivity contribution is 6.31. The van der Waals surface area contributed by atoms with Gasteiger partial charge in [-0.3, -0.25) is 9.59 Å². The SMILES string of the molecule is COc1ccc(C(=O)N/N=C(\C)CC(=O)Nc2ccc(C)c(Cl)c2)c(OC)c1. The number of aryl methyl sites for hydroxylation is 1. The number of rotatable bonds is 7. The molecular formula is C20H22ClN3O4. The maximum Gasteiger partial charge on any atom is 0.275 e. The summed E-state index contributed by atoms with van der Waals surface area (Å²) in [7, 11) is 2.99. The molecule has 0 aliphatic rings. The summed E-state index contributed by atoms with van der Waals surface area (Å²) in [5.74, 6) is 0.210. The first kappa shape index (κ1) is 21.2. The van der Waals surface area contributed by atoms with Crippen molar-refractivity contribution in [2.24, 2.45) is 5.10 Å². The molecule has 2 aromatic carbocycles. The molecule has 2 N–H and O–H groups in total. The van der Waals surface area contributed by atoms with Crippen LogP contribution in [0.15, 0.2) is 41.5 Å². The number of methoxy groups -OCH3 is 2. The number of anilines is 1. The molecule has 0 spiro atoms. The van der Waals surface area contributed by atoms with Crippen LogP contribution in [0.2, 0.25) is 5.02 Å². The zero-order chi connectivity index (χ0) is 20.7. The van der Waals surface area contributed by atoms with E-state index in [1.807, 2.05) is 13.0 Å². The normalized spacial score (nSPS) is 11.0. The number of carbonyl (C=O) groups is 2. The second-order valence-electron chi connectivity index (χ2n) is 6.04. The first-order chi connectivity index (χ1) is 13.3. The van der Waals surface area contributed by atoms with Crippen molar-refractivity contribution in [3.05, 3.63) is 52.5 Å². The van der Waals surface area contributed by atoms with Crippen LogP contribution in [0.25, 0.3) is 0 Å². The fourth-order valence-corrected chi connectivity index (χ4v) is 2.52. The molecule has 0 saturated heterocycles. The predicted octanol–water partition coefficient (Wildman–Crippen LogP) is 3.80. The van der Waals surface area contributed by atoms with Gasteiger partial charge in [0.1, 0.15) is 11.5 Å². The highest BCUT2D eigenvalue weighted by atomic mass is 35.5. The molecule has 2 rings (SSSR count). The van der Waals surface area contributed by atoms with Crippen molar-refractivity contribution in [1.29, 1.82) is 0 Å². The summed E-state index contributed by atoms with van der Waals surface area (Å²) in [4.78, 5) is 24.4. The zero-order valence-electron chi connectivity index (χ0n) is 16.1. The molecule has 7 nitrogen and oxygen atoms in total. The van der Waals surface area contributed by atoms with E-state index < -0.39 is 5.91 Å². The molecule has 0 fully saturated rings. The minimum Gasteiger partial charge on any atom is -0.497 e. The predicted molar refractivity (Wildman–Crippen MR) is 110 cm³/mol. The molecule has 0 aliphatic carbocycles. The Morgan fingerprint density at radius 3 is 2.50 bits per heavy atom. The van der Waals surface area contributed by atoms with Gasteiger partial charge in [-0.1, -0.05) is 17.7 Å². The van der Waals surface area contributed by atoms with Gasteiger partial charge in [-0.25, -0.2) is 5.43 Å². The van der Waals surface area contributed by atoms with Gasteiger partial charge in [-0.05, 0) is 43.7 Å². The summed E-state index contributed by atoms with van der Waals surface area (Å²) in [6.07, 6.45) is 0.0194. The number of hydrazone groups is 1. The quantitative estimate of drug-likeness (QED) is 0.543. The van der Waals surface area contributed by atoms with Crippen LogP contribution in [0.1, 0.15) is 29.3 Å². The van der Waals surface area contributed by atoms with Crippen LogP contribution in [0.4, 0.5) is 5.69 Å². The van der Waals surface area contributed by atoms with Crippen molar-refractivity contribution in [3.8, 4) is 11.5 Å². The Morgan fingerprint density at radius 1 is 1.11 bits per heavy atom. The molecule has 2 amide bonds. The second kappa shape index (κ2) is 9.75. The van der Waals surface area contributed by atoms with Gasteiger partial charge < -0.3 is 14.8 Å². The number of benzene rings is 2. The zero-order valence-corrected chi connectivity index (χ0v) is 16.9. The number of nitrogens with one attached hydrogen (secondary N) is 2. The van der Waals surface area contributed by atoms with Gasteiger partial charge in [0.15, 0.2) is 0 Å². The molecule has 0 radical (unpaired) electrons. The molecule has 0 heterocycles. The van der Waals surface area contributed by atoms with Crippen molar-refractivity contribution in [2.75, 3.05) is 19.5 Å². The lowest BCUT2D eigenvalue weighted by Gasteiger charge is -2.09. The van der Waals surface area contributed by atoms with Crippen LogP contribution in [-0.4, -0.2) is 31.7 Å². The Bertz CT molecular complexity index is 912. The lowest BCUT2D eigenvalue weighted by Crippen LogP contribution is -2.22. The summed E-state index contributed by atoms with van der Waals surface area (Å²) in [6, 6.07) is 10.1. The Kier molecular flexibility index (Phi) is 7.40. The minimum atomic E-state index is -0.454. The molecule has 0 aromatic heterocycles.